The smallest absolute Gasteiger partial charge is 0.251 e. The van der Waals surface area contributed by atoms with E-state index in [1.54, 1.807) is 12.1 Å². The number of carbonyl (C=O) groups is 1. The van der Waals surface area contributed by atoms with E-state index in [0.717, 1.165) is 11.3 Å². The molecule has 0 radical (unpaired) electrons. The Morgan fingerprint density at radius 1 is 1.10 bits per heavy atom. The average molecular weight is 432 g/mol. The van der Waals surface area contributed by atoms with Crippen LogP contribution in [0.1, 0.15) is 22.8 Å². The van der Waals surface area contributed by atoms with E-state index in [4.69, 9.17) is 4.74 Å². The van der Waals surface area contributed by atoms with Gasteiger partial charge in [-0.1, -0.05) is 24.3 Å². The van der Waals surface area contributed by atoms with E-state index in [-0.39, 0.29) is 16.8 Å². The van der Waals surface area contributed by atoms with Gasteiger partial charge in [-0.05, 0) is 50.7 Å². The minimum absolute atomic E-state index is 0.142. The zero-order valence-electron chi connectivity index (χ0n) is 17.7. The maximum absolute atomic E-state index is 12.9. The third kappa shape index (κ3) is 5.38. The number of sulfonamides is 1. The third-order valence-corrected chi connectivity index (χ3v) is 7.05. The lowest BCUT2D eigenvalue weighted by Crippen LogP contribution is -2.47. The van der Waals surface area contributed by atoms with Crippen LogP contribution in [0, 0.1) is 6.92 Å². The molecule has 1 aliphatic heterocycles. The van der Waals surface area contributed by atoms with Gasteiger partial charge in [-0.2, -0.15) is 4.31 Å². The molecule has 1 N–H and O–H groups in total. The van der Waals surface area contributed by atoms with Gasteiger partial charge in [0.05, 0.1) is 10.9 Å². The molecule has 1 aliphatic rings. The number of nitrogens with zero attached hydrogens (tertiary/aromatic N) is 2. The molecule has 30 heavy (non-hydrogen) atoms. The van der Waals surface area contributed by atoms with Crippen LogP contribution in [0.2, 0.25) is 0 Å². The molecule has 162 valence electrons. The summed E-state index contributed by atoms with van der Waals surface area (Å²) in [6.07, 6.45) is 0. The predicted molar refractivity (Wildman–Crippen MR) is 116 cm³/mol. The molecule has 1 saturated heterocycles. The van der Waals surface area contributed by atoms with Crippen LogP contribution in [0.25, 0.3) is 0 Å². The van der Waals surface area contributed by atoms with Crippen molar-refractivity contribution in [2.24, 2.45) is 0 Å². The first kappa shape index (κ1) is 22.3. The lowest BCUT2D eigenvalue weighted by atomic mass is 10.2. The Morgan fingerprint density at radius 3 is 2.50 bits per heavy atom. The molecule has 0 aliphatic carbocycles. The van der Waals surface area contributed by atoms with Crippen molar-refractivity contribution in [2.45, 2.75) is 24.8 Å². The molecule has 8 heteroatoms. The monoisotopic (exact) mass is 431 g/mol. The minimum Gasteiger partial charge on any atom is -0.491 e. The Balaban J connectivity index is 1.63. The number of amides is 1. The van der Waals surface area contributed by atoms with Crippen LogP contribution in [0.4, 0.5) is 0 Å². The van der Waals surface area contributed by atoms with Gasteiger partial charge in [0.2, 0.25) is 10.0 Å². The highest BCUT2D eigenvalue weighted by atomic mass is 32.2. The molecule has 1 atom stereocenters. The number of aryl methyl sites for hydroxylation is 1. The van der Waals surface area contributed by atoms with E-state index >= 15 is 0 Å². The molecule has 0 spiro atoms. The highest BCUT2D eigenvalue weighted by Crippen LogP contribution is 2.19. The summed E-state index contributed by atoms with van der Waals surface area (Å²) in [6, 6.07) is 13.7. The van der Waals surface area contributed by atoms with Crippen molar-refractivity contribution in [3.63, 3.8) is 0 Å². The molecule has 1 heterocycles. The first-order valence-corrected chi connectivity index (χ1v) is 11.5. The van der Waals surface area contributed by atoms with Gasteiger partial charge < -0.3 is 15.0 Å². The van der Waals surface area contributed by atoms with E-state index in [0.29, 0.717) is 38.3 Å². The molecule has 1 fully saturated rings. The lowest BCUT2D eigenvalue weighted by Gasteiger charge is -2.31. The highest BCUT2D eigenvalue weighted by Gasteiger charge is 2.28. The van der Waals surface area contributed by atoms with Crippen LogP contribution in [0.3, 0.4) is 0 Å². The van der Waals surface area contributed by atoms with Crippen molar-refractivity contribution in [2.75, 3.05) is 39.8 Å². The standard InChI is InChI=1S/C22H29N3O4S/c1-17-7-4-5-10-21(17)29-16-18(2)23-22(26)19-8-6-9-20(15-19)30(27,28)25-13-11-24(3)12-14-25/h4-10,15,18H,11-14,16H2,1-3H3,(H,23,26)/t18-/m1/s1. The lowest BCUT2D eigenvalue weighted by molar-refractivity contribution is 0.0926. The Labute approximate surface area is 178 Å². The number of likely N-dealkylation sites (N-methyl/N-ethyl adjacent to an activating group) is 1. The van der Waals surface area contributed by atoms with Gasteiger partial charge in [-0.3, -0.25) is 4.79 Å². The number of rotatable bonds is 7. The second-order valence-corrected chi connectivity index (χ2v) is 9.62. The number of nitrogens with one attached hydrogen (secondary N) is 1. The van der Waals surface area contributed by atoms with E-state index in [1.807, 2.05) is 45.2 Å². The number of hydrogen-bond acceptors (Lipinski definition) is 5. The summed E-state index contributed by atoms with van der Waals surface area (Å²) < 4.78 is 33.1. The Kier molecular flexibility index (Phi) is 7.12. The highest BCUT2D eigenvalue weighted by molar-refractivity contribution is 7.89. The molecular weight excluding hydrogens is 402 g/mol. The topological polar surface area (TPSA) is 78.9 Å². The van der Waals surface area contributed by atoms with Gasteiger partial charge in [0.15, 0.2) is 0 Å². The van der Waals surface area contributed by atoms with Crippen LogP contribution in [0.5, 0.6) is 5.75 Å². The summed E-state index contributed by atoms with van der Waals surface area (Å²) in [5.74, 6) is 0.449. The van der Waals surface area contributed by atoms with Crippen LogP contribution >= 0.6 is 0 Å². The summed E-state index contributed by atoms with van der Waals surface area (Å²) in [7, 11) is -1.65. The van der Waals surface area contributed by atoms with Gasteiger partial charge in [-0.25, -0.2) is 8.42 Å². The van der Waals surface area contributed by atoms with Crippen molar-refractivity contribution in [3.05, 3.63) is 59.7 Å². The first-order chi connectivity index (χ1) is 14.3. The summed E-state index contributed by atoms with van der Waals surface area (Å²) in [4.78, 5) is 14.9. The van der Waals surface area contributed by atoms with Crippen LogP contribution in [-0.4, -0.2) is 69.4 Å². The fourth-order valence-corrected chi connectivity index (χ4v) is 4.73. The van der Waals surface area contributed by atoms with E-state index < -0.39 is 10.0 Å². The summed E-state index contributed by atoms with van der Waals surface area (Å²) in [5.41, 5.74) is 1.34. The number of ether oxygens (including phenoxy) is 1. The summed E-state index contributed by atoms with van der Waals surface area (Å²) in [6.45, 7) is 6.41. The van der Waals surface area contributed by atoms with Crippen molar-refractivity contribution < 1.29 is 17.9 Å². The molecule has 1 amide bonds. The zero-order chi connectivity index (χ0) is 21.7. The van der Waals surface area contributed by atoms with Crippen molar-refractivity contribution >= 4 is 15.9 Å². The van der Waals surface area contributed by atoms with E-state index in [9.17, 15) is 13.2 Å². The Bertz CT molecular complexity index is 985. The number of piperazine rings is 1. The number of carbonyl (C=O) groups excluding carboxylic acids is 1. The van der Waals surface area contributed by atoms with E-state index in [2.05, 4.69) is 10.2 Å². The molecule has 3 rings (SSSR count). The van der Waals surface area contributed by atoms with Crippen molar-refractivity contribution in [1.82, 2.24) is 14.5 Å². The maximum atomic E-state index is 12.9. The molecule has 0 bridgehead atoms. The largest absolute Gasteiger partial charge is 0.491 e. The molecule has 2 aromatic rings. The molecule has 2 aromatic carbocycles. The fourth-order valence-electron chi connectivity index (χ4n) is 3.26. The van der Waals surface area contributed by atoms with Crippen LogP contribution < -0.4 is 10.1 Å². The predicted octanol–water partition coefficient (Wildman–Crippen LogP) is 2.13. The summed E-state index contributed by atoms with van der Waals surface area (Å²) >= 11 is 0. The van der Waals surface area contributed by atoms with Crippen molar-refractivity contribution in [3.8, 4) is 5.75 Å². The second kappa shape index (κ2) is 9.59. The number of hydrogen-bond donors (Lipinski definition) is 1. The molecule has 7 nitrogen and oxygen atoms in total. The van der Waals surface area contributed by atoms with Gasteiger partial charge in [0.25, 0.3) is 5.91 Å². The first-order valence-electron chi connectivity index (χ1n) is 10.1. The third-order valence-electron chi connectivity index (χ3n) is 5.16. The Morgan fingerprint density at radius 2 is 1.80 bits per heavy atom. The van der Waals surface area contributed by atoms with Crippen LogP contribution in [0.15, 0.2) is 53.4 Å². The van der Waals surface area contributed by atoms with Gasteiger partial charge in [-0.15, -0.1) is 0 Å². The molecular formula is C22H29N3O4S. The fraction of sp³-hybridized carbons (Fsp3) is 0.409. The van der Waals surface area contributed by atoms with Crippen molar-refractivity contribution in [1.29, 1.82) is 0 Å². The number of benzene rings is 2. The molecule has 0 saturated carbocycles. The normalized spacial score (nSPS) is 16.8. The van der Waals surface area contributed by atoms with Gasteiger partial charge in [0, 0.05) is 31.7 Å². The van der Waals surface area contributed by atoms with Crippen LogP contribution in [-0.2, 0) is 10.0 Å². The zero-order valence-corrected chi connectivity index (χ0v) is 18.5. The summed E-state index contributed by atoms with van der Waals surface area (Å²) in [5, 5.41) is 2.87. The second-order valence-electron chi connectivity index (χ2n) is 7.69. The number of para-hydroxylation sites is 1. The SMILES string of the molecule is Cc1ccccc1OC[C@@H](C)NC(=O)c1cccc(S(=O)(=O)N2CCN(C)CC2)c1. The minimum atomic E-state index is -3.62. The average Bonchev–Trinajstić information content (AvgIpc) is 2.73. The molecule has 0 aromatic heterocycles. The molecule has 0 unspecified atom stereocenters. The van der Waals surface area contributed by atoms with Gasteiger partial charge >= 0.3 is 0 Å². The van der Waals surface area contributed by atoms with E-state index in [1.165, 1.54) is 16.4 Å². The quantitative estimate of drug-likeness (QED) is 0.727. The maximum Gasteiger partial charge on any atom is 0.251 e. The Hall–Kier alpha value is -2.42. The van der Waals surface area contributed by atoms with Gasteiger partial charge in [0.1, 0.15) is 12.4 Å².